The quantitative estimate of drug-likeness (QED) is 0.786. The fraction of sp³-hybridized carbons (Fsp3) is 0.182. The lowest BCUT2D eigenvalue weighted by molar-refractivity contribution is 0.0991. The predicted octanol–water partition coefficient (Wildman–Crippen LogP) is 3.71. The van der Waals surface area contributed by atoms with Crippen LogP contribution in [-0.2, 0) is 6.42 Å². The van der Waals surface area contributed by atoms with Gasteiger partial charge in [0.1, 0.15) is 0 Å². The van der Waals surface area contributed by atoms with E-state index in [9.17, 15) is 4.79 Å². The van der Waals surface area contributed by atoms with Crippen molar-refractivity contribution in [1.82, 2.24) is 4.98 Å². The van der Waals surface area contributed by atoms with E-state index in [1.165, 1.54) is 0 Å². The van der Waals surface area contributed by atoms with E-state index in [-0.39, 0.29) is 5.78 Å². The van der Waals surface area contributed by atoms with Crippen molar-refractivity contribution in [2.45, 2.75) is 12.8 Å². The molecule has 1 heterocycles. The summed E-state index contributed by atoms with van der Waals surface area (Å²) in [5, 5.41) is 1.72. The molecular formula is C11H7BrClNO. The number of carbonyl (C=O) groups is 1. The number of hydrogen-bond donors (Lipinski definition) is 1. The maximum atomic E-state index is 11.6. The molecule has 3 rings (SSSR count). The Morgan fingerprint density at radius 2 is 2.13 bits per heavy atom. The van der Waals surface area contributed by atoms with Gasteiger partial charge in [-0.3, -0.25) is 4.79 Å². The van der Waals surface area contributed by atoms with Gasteiger partial charge in [0.15, 0.2) is 5.78 Å². The Balaban J connectivity index is 2.49. The molecule has 15 heavy (non-hydrogen) atoms. The molecular weight excluding hydrogens is 277 g/mol. The van der Waals surface area contributed by atoms with Crippen molar-refractivity contribution in [1.29, 1.82) is 0 Å². The minimum atomic E-state index is 0.184. The first-order valence-electron chi connectivity index (χ1n) is 4.70. The first-order valence-corrected chi connectivity index (χ1v) is 5.87. The number of fused-ring (bicyclic) bond motifs is 3. The minimum absolute atomic E-state index is 0.184. The molecule has 1 aliphatic rings. The second-order valence-electron chi connectivity index (χ2n) is 3.68. The predicted molar refractivity (Wildman–Crippen MR) is 63.7 cm³/mol. The molecule has 0 atom stereocenters. The number of aromatic amines is 1. The van der Waals surface area contributed by atoms with Crippen LogP contribution in [0.5, 0.6) is 0 Å². The van der Waals surface area contributed by atoms with Gasteiger partial charge >= 0.3 is 0 Å². The molecule has 1 aliphatic carbocycles. The lowest BCUT2D eigenvalue weighted by Gasteiger charge is -1.99. The number of benzene rings is 1. The number of Topliss-reactive ketones (excluding diaryl/α,β-unsaturated/α-hetero) is 1. The topological polar surface area (TPSA) is 32.9 Å². The SMILES string of the molecule is O=C1CCc2c1[nH]c1c(Cl)ccc(Br)c21. The number of H-pyrrole nitrogens is 1. The monoisotopic (exact) mass is 283 g/mol. The van der Waals surface area contributed by atoms with Crippen LogP contribution < -0.4 is 0 Å². The summed E-state index contributed by atoms with van der Waals surface area (Å²) >= 11 is 9.57. The van der Waals surface area contributed by atoms with Gasteiger partial charge in [-0.2, -0.15) is 0 Å². The highest BCUT2D eigenvalue weighted by Gasteiger charge is 2.25. The fourth-order valence-electron chi connectivity index (χ4n) is 2.15. The number of rotatable bonds is 0. The summed E-state index contributed by atoms with van der Waals surface area (Å²) in [6, 6.07) is 3.74. The summed E-state index contributed by atoms with van der Waals surface area (Å²) in [5.41, 5.74) is 2.70. The van der Waals surface area contributed by atoms with Gasteiger partial charge in [0.25, 0.3) is 0 Å². The standard InChI is InChI=1S/C11H7BrClNO/c12-6-2-3-7(13)11-9(6)5-1-4-8(15)10(5)14-11/h2-3,14H,1,4H2. The van der Waals surface area contributed by atoms with Gasteiger partial charge in [-0.05, 0) is 24.1 Å². The Hall–Kier alpha value is -0.800. The van der Waals surface area contributed by atoms with E-state index in [2.05, 4.69) is 20.9 Å². The van der Waals surface area contributed by atoms with Gasteiger partial charge in [-0.25, -0.2) is 0 Å². The van der Waals surface area contributed by atoms with Crippen molar-refractivity contribution in [2.75, 3.05) is 0 Å². The van der Waals surface area contributed by atoms with E-state index < -0.39 is 0 Å². The number of ketones is 1. The Kier molecular flexibility index (Phi) is 1.94. The van der Waals surface area contributed by atoms with E-state index >= 15 is 0 Å². The largest absolute Gasteiger partial charge is 0.351 e. The zero-order chi connectivity index (χ0) is 10.6. The molecule has 1 aromatic carbocycles. The van der Waals surface area contributed by atoms with Crippen LogP contribution in [0.15, 0.2) is 16.6 Å². The number of aromatic nitrogens is 1. The molecule has 1 N–H and O–H groups in total. The summed E-state index contributed by atoms with van der Waals surface area (Å²) in [5.74, 6) is 0.184. The van der Waals surface area contributed by atoms with Crippen LogP contribution >= 0.6 is 27.5 Å². The molecule has 1 aromatic heterocycles. The van der Waals surface area contributed by atoms with Crippen LogP contribution in [0.4, 0.5) is 0 Å². The second-order valence-corrected chi connectivity index (χ2v) is 4.94. The first kappa shape index (κ1) is 9.43. The Morgan fingerprint density at radius 1 is 1.33 bits per heavy atom. The normalized spacial score (nSPS) is 14.9. The van der Waals surface area contributed by atoms with Crippen LogP contribution in [0, 0.1) is 0 Å². The molecule has 0 bridgehead atoms. The Bertz CT molecular complexity index is 588. The van der Waals surface area contributed by atoms with E-state index in [1.54, 1.807) is 0 Å². The average molecular weight is 285 g/mol. The molecule has 0 aliphatic heterocycles. The van der Waals surface area contributed by atoms with Crippen LogP contribution in [0.25, 0.3) is 10.9 Å². The van der Waals surface area contributed by atoms with Crippen LogP contribution in [0.1, 0.15) is 22.5 Å². The Labute approximate surface area is 99.7 Å². The lowest BCUT2D eigenvalue weighted by atomic mass is 10.1. The highest BCUT2D eigenvalue weighted by atomic mass is 79.9. The van der Waals surface area contributed by atoms with Crippen molar-refractivity contribution in [3.8, 4) is 0 Å². The van der Waals surface area contributed by atoms with E-state index in [0.29, 0.717) is 11.4 Å². The molecule has 76 valence electrons. The summed E-state index contributed by atoms with van der Waals surface area (Å²) in [4.78, 5) is 14.7. The third kappa shape index (κ3) is 1.20. The van der Waals surface area contributed by atoms with Crippen molar-refractivity contribution < 1.29 is 4.79 Å². The van der Waals surface area contributed by atoms with E-state index in [0.717, 1.165) is 33.1 Å². The van der Waals surface area contributed by atoms with Gasteiger partial charge in [0.2, 0.25) is 0 Å². The number of nitrogens with one attached hydrogen (secondary N) is 1. The van der Waals surface area contributed by atoms with Crippen molar-refractivity contribution in [3.63, 3.8) is 0 Å². The molecule has 0 saturated carbocycles. The third-order valence-electron chi connectivity index (χ3n) is 2.84. The highest BCUT2D eigenvalue weighted by molar-refractivity contribution is 9.10. The average Bonchev–Trinajstić information content (AvgIpc) is 2.74. The smallest absolute Gasteiger partial charge is 0.179 e. The number of carbonyl (C=O) groups excluding carboxylic acids is 1. The molecule has 0 saturated heterocycles. The maximum absolute atomic E-state index is 11.6. The molecule has 2 nitrogen and oxygen atoms in total. The number of hydrogen-bond acceptors (Lipinski definition) is 1. The molecule has 2 aromatic rings. The zero-order valence-electron chi connectivity index (χ0n) is 7.73. The van der Waals surface area contributed by atoms with Gasteiger partial charge in [0.05, 0.1) is 16.2 Å². The molecule has 0 fully saturated rings. The third-order valence-corrected chi connectivity index (χ3v) is 3.81. The summed E-state index contributed by atoms with van der Waals surface area (Å²) in [6.45, 7) is 0. The van der Waals surface area contributed by atoms with Gasteiger partial charge in [-0.1, -0.05) is 27.5 Å². The second kappa shape index (κ2) is 3.09. The first-order chi connectivity index (χ1) is 7.18. The minimum Gasteiger partial charge on any atom is -0.351 e. The molecule has 0 amide bonds. The summed E-state index contributed by atoms with van der Waals surface area (Å²) in [6.07, 6.45) is 1.42. The highest BCUT2D eigenvalue weighted by Crippen LogP contribution is 2.37. The van der Waals surface area contributed by atoms with Crippen molar-refractivity contribution >= 4 is 44.2 Å². The van der Waals surface area contributed by atoms with Gasteiger partial charge in [-0.15, -0.1) is 0 Å². The molecule has 0 spiro atoms. The number of aryl methyl sites for hydroxylation is 1. The van der Waals surface area contributed by atoms with Crippen molar-refractivity contribution in [3.05, 3.63) is 32.9 Å². The van der Waals surface area contributed by atoms with Crippen LogP contribution in [0.3, 0.4) is 0 Å². The van der Waals surface area contributed by atoms with Crippen LogP contribution in [-0.4, -0.2) is 10.8 Å². The fourth-order valence-corrected chi connectivity index (χ4v) is 2.92. The number of halogens is 2. The van der Waals surface area contributed by atoms with Gasteiger partial charge < -0.3 is 4.98 Å². The lowest BCUT2D eigenvalue weighted by Crippen LogP contribution is -1.91. The van der Waals surface area contributed by atoms with Crippen LogP contribution in [0.2, 0.25) is 5.02 Å². The maximum Gasteiger partial charge on any atom is 0.179 e. The molecule has 0 radical (unpaired) electrons. The Morgan fingerprint density at radius 3 is 2.93 bits per heavy atom. The van der Waals surface area contributed by atoms with E-state index in [1.807, 2.05) is 12.1 Å². The van der Waals surface area contributed by atoms with Crippen molar-refractivity contribution in [2.24, 2.45) is 0 Å². The van der Waals surface area contributed by atoms with Gasteiger partial charge in [0, 0.05) is 16.3 Å². The summed E-state index contributed by atoms with van der Waals surface area (Å²) < 4.78 is 0.995. The molecule has 0 unspecified atom stereocenters. The summed E-state index contributed by atoms with van der Waals surface area (Å²) in [7, 11) is 0. The zero-order valence-corrected chi connectivity index (χ0v) is 10.1. The van der Waals surface area contributed by atoms with E-state index in [4.69, 9.17) is 11.6 Å². The molecule has 4 heteroatoms.